The molecule has 162 valence electrons. The number of alkyl halides is 3. The minimum atomic E-state index is -4.68. The van der Waals surface area contributed by atoms with Crippen LogP contribution in [0.25, 0.3) is 0 Å². The number of nitrogens with one attached hydrogen (secondary N) is 1. The topological polar surface area (TPSA) is 76.4 Å². The van der Waals surface area contributed by atoms with Crippen molar-refractivity contribution in [1.82, 2.24) is 10.2 Å². The van der Waals surface area contributed by atoms with Gasteiger partial charge in [-0.05, 0) is 37.3 Å². The molecule has 1 aliphatic rings. The number of halogens is 3. The highest BCUT2D eigenvalue weighted by Gasteiger charge is 2.37. The molecule has 0 aliphatic carbocycles. The van der Waals surface area contributed by atoms with Gasteiger partial charge in [0.15, 0.2) is 0 Å². The number of rotatable bonds is 3. The summed E-state index contributed by atoms with van der Waals surface area (Å²) in [7, 11) is 1.44. The Kier molecular flexibility index (Phi) is 6.20. The molecule has 1 N–H and O–H groups in total. The Morgan fingerprint density at radius 1 is 1.16 bits per heavy atom. The highest BCUT2D eigenvalue weighted by molar-refractivity contribution is 5.98. The van der Waals surface area contributed by atoms with Crippen molar-refractivity contribution in [3.05, 3.63) is 64.7 Å². The molecule has 1 atom stereocenters. The van der Waals surface area contributed by atoms with Crippen LogP contribution >= 0.6 is 0 Å². The molecule has 0 spiro atoms. The molecule has 1 unspecified atom stereocenters. The van der Waals surface area contributed by atoms with Gasteiger partial charge in [-0.15, -0.1) is 0 Å². The van der Waals surface area contributed by atoms with Crippen molar-refractivity contribution in [1.29, 1.82) is 5.26 Å². The van der Waals surface area contributed by atoms with E-state index < -0.39 is 29.3 Å². The first-order valence-corrected chi connectivity index (χ1v) is 9.61. The van der Waals surface area contributed by atoms with Gasteiger partial charge in [-0.25, -0.2) is 0 Å². The summed E-state index contributed by atoms with van der Waals surface area (Å²) < 4.78 is 40.0. The van der Waals surface area contributed by atoms with E-state index in [-0.39, 0.29) is 31.2 Å². The Morgan fingerprint density at radius 3 is 2.52 bits per heavy atom. The lowest BCUT2D eigenvalue weighted by atomic mass is 10.0. The Labute approximate surface area is 177 Å². The van der Waals surface area contributed by atoms with Gasteiger partial charge in [0.25, 0.3) is 5.91 Å². The van der Waals surface area contributed by atoms with Gasteiger partial charge in [-0.1, -0.05) is 17.7 Å². The molecule has 1 aliphatic heterocycles. The van der Waals surface area contributed by atoms with E-state index in [9.17, 15) is 22.8 Å². The van der Waals surface area contributed by atoms with Crippen LogP contribution in [0.5, 0.6) is 0 Å². The molecular weight excluding hydrogens is 409 g/mol. The van der Waals surface area contributed by atoms with Gasteiger partial charge in [-0.3, -0.25) is 9.59 Å². The van der Waals surface area contributed by atoms with E-state index in [1.165, 1.54) is 18.0 Å². The van der Waals surface area contributed by atoms with Gasteiger partial charge in [0, 0.05) is 37.9 Å². The summed E-state index contributed by atoms with van der Waals surface area (Å²) in [6.45, 7) is 2.29. The van der Waals surface area contributed by atoms with Gasteiger partial charge >= 0.3 is 6.18 Å². The lowest BCUT2D eigenvalue weighted by molar-refractivity contribution is -0.137. The molecule has 0 radical (unpaired) electrons. The number of nitrogens with zero attached hydrogens (tertiary/aromatic N) is 3. The second kappa shape index (κ2) is 8.68. The standard InChI is InChI=1S/C22H21F3N4O2/c1-14-4-3-5-15(10-14)21(31)29-9-8-28(13-19(29)20(30)27-2)17-7-6-16(12-26)18(11-17)22(23,24)25/h3-7,10-11,19H,8-9,13H2,1-2H3,(H,27,30). The number of benzene rings is 2. The molecule has 0 saturated carbocycles. The molecule has 3 rings (SSSR count). The number of carbonyl (C=O) groups is 2. The number of anilines is 1. The van der Waals surface area contributed by atoms with Crippen molar-refractivity contribution in [2.75, 3.05) is 31.6 Å². The minimum absolute atomic E-state index is 0.0282. The Bertz CT molecular complexity index is 1050. The smallest absolute Gasteiger partial charge is 0.367 e. The summed E-state index contributed by atoms with van der Waals surface area (Å²) in [4.78, 5) is 28.6. The number of hydrogen-bond donors (Lipinski definition) is 1. The first kappa shape index (κ1) is 22.2. The zero-order chi connectivity index (χ0) is 22.8. The maximum atomic E-state index is 13.3. The second-order valence-corrected chi connectivity index (χ2v) is 7.28. The first-order valence-electron chi connectivity index (χ1n) is 9.61. The van der Waals surface area contributed by atoms with Crippen molar-refractivity contribution < 1.29 is 22.8 Å². The monoisotopic (exact) mass is 430 g/mol. The van der Waals surface area contributed by atoms with Crippen LogP contribution in [-0.4, -0.2) is 49.4 Å². The highest BCUT2D eigenvalue weighted by Crippen LogP contribution is 2.35. The summed E-state index contributed by atoms with van der Waals surface area (Å²) in [6, 6.07) is 11.1. The van der Waals surface area contributed by atoms with E-state index in [1.807, 2.05) is 13.0 Å². The van der Waals surface area contributed by atoms with Gasteiger partial charge in [0.1, 0.15) is 6.04 Å². The number of amides is 2. The van der Waals surface area contributed by atoms with Crippen LogP contribution in [-0.2, 0) is 11.0 Å². The maximum Gasteiger partial charge on any atom is 0.417 e. The average molecular weight is 430 g/mol. The van der Waals surface area contributed by atoms with Crippen LogP contribution in [0.2, 0.25) is 0 Å². The number of nitriles is 1. The van der Waals surface area contributed by atoms with Gasteiger partial charge in [-0.2, -0.15) is 18.4 Å². The second-order valence-electron chi connectivity index (χ2n) is 7.28. The molecule has 2 aromatic rings. The summed E-state index contributed by atoms with van der Waals surface area (Å²) >= 11 is 0. The number of likely N-dealkylation sites (N-methyl/N-ethyl adjacent to an activating group) is 1. The van der Waals surface area contributed by atoms with Crippen LogP contribution in [0, 0.1) is 18.3 Å². The van der Waals surface area contributed by atoms with E-state index in [2.05, 4.69) is 5.32 Å². The van der Waals surface area contributed by atoms with Crippen LogP contribution in [0.4, 0.5) is 18.9 Å². The Morgan fingerprint density at radius 2 is 1.90 bits per heavy atom. The normalized spacial score (nSPS) is 16.6. The number of hydrogen-bond acceptors (Lipinski definition) is 4. The molecule has 31 heavy (non-hydrogen) atoms. The quantitative estimate of drug-likeness (QED) is 0.813. The largest absolute Gasteiger partial charge is 0.417 e. The SMILES string of the molecule is CNC(=O)C1CN(c2ccc(C#N)c(C(F)(F)F)c2)CCN1C(=O)c1cccc(C)c1. The molecule has 0 aromatic heterocycles. The molecule has 6 nitrogen and oxygen atoms in total. The van der Waals surface area contributed by atoms with Crippen LogP contribution in [0.1, 0.15) is 27.0 Å². The van der Waals surface area contributed by atoms with Crippen LogP contribution in [0.15, 0.2) is 42.5 Å². The molecule has 1 heterocycles. The van der Waals surface area contributed by atoms with E-state index in [4.69, 9.17) is 5.26 Å². The van der Waals surface area contributed by atoms with E-state index >= 15 is 0 Å². The van der Waals surface area contributed by atoms with Crippen molar-refractivity contribution in [2.45, 2.75) is 19.1 Å². The summed E-state index contributed by atoms with van der Waals surface area (Å²) in [6.07, 6.45) is -4.68. The predicted octanol–water partition coefficient (Wildman–Crippen LogP) is 2.96. The Balaban J connectivity index is 1.91. The maximum absolute atomic E-state index is 13.3. The zero-order valence-electron chi connectivity index (χ0n) is 17.0. The fourth-order valence-electron chi connectivity index (χ4n) is 3.66. The predicted molar refractivity (Wildman–Crippen MR) is 108 cm³/mol. The molecule has 2 amide bonds. The van der Waals surface area contributed by atoms with Gasteiger partial charge < -0.3 is 15.1 Å². The van der Waals surface area contributed by atoms with E-state index in [0.717, 1.165) is 17.7 Å². The van der Waals surface area contributed by atoms with Crippen molar-refractivity contribution >= 4 is 17.5 Å². The van der Waals surface area contributed by atoms with Crippen LogP contribution in [0.3, 0.4) is 0 Å². The highest BCUT2D eigenvalue weighted by atomic mass is 19.4. The van der Waals surface area contributed by atoms with E-state index in [1.54, 1.807) is 29.2 Å². The molecule has 2 aromatic carbocycles. The number of aryl methyl sites for hydroxylation is 1. The summed E-state index contributed by atoms with van der Waals surface area (Å²) in [5.41, 5.74) is 0.0934. The third-order valence-corrected chi connectivity index (χ3v) is 5.25. The van der Waals surface area contributed by atoms with Gasteiger partial charge in [0.05, 0.1) is 17.2 Å². The van der Waals surface area contributed by atoms with Crippen molar-refractivity contribution in [3.63, 3.8) is 0 Å². The third kappa shape index (κ3) is 4.63. The zero-order valence-corrected chi connectivity index (χ0v) is 17.0. The fourth-order valence-corrected chi connectivity index (χ4v) is 3.66. The Hall–Kier alpha value is -3.54. The first-order chi connectivity index (χ1) is 14.7. The van der Waals surface area contributed by atoms with Crippen LogP contribution < -0.4 is 10.2 Å². The lowest BCUT2D eigenvalue weighted by Crippen LogP contribution is -2.60. The minimum Gasteiger partial charge on any atom is -0.367 e. The number of carbonyl (C=O) groups excluding carboxylic acids is 2. The third-order valence-electron chi connectivity index (χ3n) is 5.25. The number of piperazine rings is 1. The molecular formula is C22H21F3N4O2. The fraction of sp³-hybridized carbons (Fsp3) is 0.318. The van der Waals surface area contributed by atoms with E-state index in [0.29, 0.717) is 5.56 Å². The molecule has 9 heteroatoms. The van der Waals surface area contributed by atoms with Gasteiger partial charge in [0.2, 0.25) is 5.91 Å². The summed E-state index contributed by atoms with van der Waals surface area (Å²) in [5.74, 6) is -0.719. The van der Waals surface area contributed by atoms with Crippen molar-refractivity contribution in [2.24, 2.45) is 0 Å². The molecule has 0 bridgehead atoms. The average Bonchev–Trinajstić information content (AvgIpc) is 2.76. The lowest BCUT2D eigenvalue weighted by Gasteiger charge is -2.41. The summed E-state index contributed by atoms with van der Waals surface area (Å²) in [5, 5.41) is 11.5. The van der Waals surface area contributed by atoms with Crippen molar-refractivity contribution in [3.8, 4) is 6.07 Å². The molecule has 1 fully saturated rings. The molecule has 1 saturated heterocycles.